The van der Waals surface area contributed by atoms with Gasteiger partial charge in [-0.15, -0.1) is 5.16 Å². The topological polar surface area (TPSA) is 518 Å². The highest BCUT2D eigenvalue weighted by Crippen LogP contribution is 2.45. The molecule has 0 aliphatic carbocycles. The fraction of sp³-hybridized carbons (Fsp3) is 0.560. The molecule has 6 fully saturated rings. The molecule has 31 heteroatoms. The van der Waals surface area contributed by atoms with Gasteiger partial charge in [0.05, 0.1) is 61.9 Å². The maximum atomic E-state index is 13.2. The van der Waals surface area contributed by atoms with Crippen molar-refractivity contribution >= 4 is 54.2 Å². The lowest BCUT2D eigenvalue weighted by molar-refractivity contribution is -0.241. The van der Waals surface area contributed by atoms with Crippen LogP contribution in [0.15, 0.2) is 126 Å². The normalized spacial score (nSPS) is 23.0. The second kappa shape index (κ2) is 44.5. The van der Waals surface area contributed by atoms with E-state index in [2.05, 4.69) is 27.8 Å². The van der Waals surface area contributed by atoms with Crippen LogP contribution in [0.2, 0.25) is 0 Å². The van der Waals surface area contributed by atoms with Gasteiger partial charge in [-0.25, -0.2) is 14.9 Å². The number of β-lactam (4-membered cyclic amide) rings is 3. The average Bonchev–Trinajstić information content (AvgIpc) is 1.50. The van der Waals surface area contributed by atoms with E-state index in [1.165, 1.54) is 28.9 Å². The van der Waals surface area contributed by atoms with Crippen LogP contribution in [0.5, 0.6) is 0 Å². The summed E-state index contributed by atoms with van der Waals surface area (Å²) in [5, 5.41) is 68.6. The highest BCUT2D eigenvalue weighted by molar-refractivity contribution is 5.96. The van der Waals surface area contributed by atoms with E-state index in [9.17, 15) is 53.7 Å². The molecule has 8 amide bonds. The number of rotatable bonds is 27. The Morgan fingerprint density at radius 3 is 1.27 bits per heavy atom. The van der Waals surface area contributed by atoms with Gasteiger partial charge in [-0.3, -0.25) is 58.8 Å². The number of likely N-dealkylation sites (tertiary alicyclic amines) is 1. The van der Waals surface area contributed by atoms with Gasteiger partial charge in [-0.2, -0.15) is 0 Å². The van der Waals surface area contributed by atoms with Crippen LogP contribution >= 0.6 is 0 Å². The fourth-order valence-corrected chi connectivity index (χ4v) is 12.8. The number of aliphatic hydroxyl groups is 6. The van der Waals surface area contributed by atoms with Gasteiger partial charge in [-0.05, 0) is 148 Å². The first-order valence-corrected chi connectivity index (χ1v) is 35.4. The summed E-state index contributed by atoms with van der Waals surface area (Å²) in [4.78, 5) is 112. The van der Waals surface area contributed by atoms with Crippen LogP contribution in [0, 0.1) is 17.8 Å². The molecule has 0 aromatic heterocycles. The van der Waals surface area contributed by atoms with E-state index in [4.69, 9.17) is 63.2 Å². The Morgan fingerprint density at radius 1 is 0.566 bits per heavy atom. The van der Waals surface area contributed by atoms with E-state index in [1.54, 1.807) is 34.6 Å². The molecule has 106 heavy (non-hydrogen) atoms. The first-order valence-electron chi connectivity index (χ1n) is 35.4. The molecule has 6 heterocycles. The third-order valence-electron chi connectivity index (χ3n) is 19.0. The summed E-state index contributed by atoms with van der Waals surface area (Å²) in [6.45, 7) is 17.4. The zero-order valence-corrected chi connectivity index (χ0v) is 62.5. The average molecular weight is 1490 g/mol. The van der Waals surface area contributed by atoms with Crippen LogP contribution in [0.1, 0.15) is 148 Å². The summed E-state index contributed by atoms with van der Waals surface area (Å²) >= 11 is 0. The lowest BCUT2D eigenvalue weighted by Crippen LogP contribution is -2.73. The van der Waals surface area contributed by atoms with E-state index in [0.717, 1.165) is 61.5 Å². The van der Waals surface area contributed by atoms with Crippen molar-refractivity contribution in [2.24, 2.45) is 51.6 Å². The standard InChI is InChI=1S/C24H35N3O6.C19H27N3O4.C12H21N3O3.C8H9NO.C7H8O.C4H10N2O2.CH4O.H3N/c1-16(28)19(20(25)29)11-10-18-12-13-24(27(18)22(31)33-23(2,3)4)15-26(21(24)30)32-14-17-8-6-5-7-9-17;1-13(23)16(17(20)24)8-7-15-9-10-19(21-15)12-22(18(19)25)26-11-14-5-3-2-4-6-14;1-7(16)9(10(13)17)3-2-8-4-5-12(15-8)6-14-11(12)18;1-9-10-7-8-5-3-2-4-6-8;8-6-7-4-2-1-3-5-7;1-2(7)3(5)4(6)8;1-2;/h5-9,16,18-19,28H,10-15H2,1-4H3,(H2,25,29);2-6,13,15-16,21,23H,7-12H2,1H3,(H2,20,24);7-9,15-16H,2-6H2,1H3,(H2,13,17)(H,14,18);2-6H,1,7H2;1-5,8H,6H2;2-3,7H,5H2,1H3,(H2,6,8);2H,1H3;1H3/t16-,18?,19+,24?;13-,15?,16+,19?;7-,8?,9+,12?;;;2-,3+;;/m111..1../s1. The van der Waals surface area contributed by atoms with Gasteiger partial charge in [0.2, 0.25) is 29.5 Å². The molecule has 4 aromatic carbocycles. The fourth-order valence-electron chi connectivity index (χ4n) is 12.8. The van der Waals surface area contributed by atoms with Crippen LogP contribution in [-0.2, 0) is 79.2 Å². The Labute approximate surface area is 621 Å². The smallest absolute Gasteiger partial charge is 0.411 e. The van der Waals surface area contributed by atoms with Crippen molar-refractivity contribution < 1.29 is 88.2 Å². The Balaban J connectivity index is 0.000000354. The molecule has 3 spiro atoms. The number of nitrogens with zero attached hydrogens (tertiary/aromatic N) is 4. The summed E-state index contributed by atoms with van der Waals surface area (Å²) in [6, 6.07) is 37.8. The van der Waals surface area contributed by atoms with Gasteiger partial charge in [0.1, 0.15) is 48.1 Å². The first kappa shape index (κ1) is 91.6. The molecule has 10 rings (SSSR count). The summed E-state index contributed by atoms with van der Waals surface area (Å²) < 4.78 is 5.63. The van der Waals surface area contributed by atoms with Crippen LogP contribution in [-0.4, -0.2) is 197 Å². The molecular weight excluding hydrogens is 1370 g/mol. The number of benzene rings is 4. The molecule has 6 aliphatic heterocycles. The Bertz CT molecular complexity index is 3340. The number of hydroxylamine groups is 4. The van der Waals surface area contributed by atoms with E-state index >= 15 is 0 Å². The number of aliphatic hydroxyl groups excluding tert-OH is 6. The van der Waals surface area contributed by atoms with Crippen molar-refractivity contribution in [1.29, 1.82) is 0 Å². The minimum atomic E-state index is -1.02. The zero-order valence-electron chi connectivity index (χ0n) is 62.5. The Kier molecular flexibility index (Phi) is 38.5. The molecule has 14 atom stereocenters. The minimum absolute atomic E-state index is 0. The van der Waals surface area contributed by atoms with Gasteiger partial charge >= 0.3 is 6.09 Å². The molecule has 0 bridgehead atoms. The second-order valence-electron chi connectivity index (χ2n) is 28.1. The molecule has 6 saturated heterocycles. The van der Waals surface area contributed by atoms with Gasteiger partial charge in [0.25, 0.3) is 11.8 Å². The number of carbonyl (C=O) groups is 8. The Hall–Kier alpha value is -8.57. The quantitative estimate of drug-likeness (QED) is 0.0232. The third-order valence-corrected chi connectivity index (χ3v) is 19.0. The third kappa shape index (κ3) is 27.7. The molecular formula is C75H117N13O18. The molecule has 6 unspecified atom stereocenters. The van der Waals surface area contributed by atoms with Crippen molar-refractivity contribution in [3.8, 4) is 0 Å². The van der Waals surface area contributed by atoms with E-state index in [-0.39, 0.29) is 67.3 Å². The molecule has 0 radical (unpaired) electrons. The number of carbonyl (C=O) groups excluding carboxylic acids is 8. The summed E-state index contributed by atoms with van der Waals surface area (Å²) in [5.74, 6) is -4.19. The monoisotopic (exact) mass is 1490 g/mol. The summed E-state index contributed by atoms with van der Waals surface area (Å²) in [6.07, 6.45) is 3.98. The number of ether oxygens (including phenoxy) is 1. The number of hydrogen-bond acceptors (Lipinski definition) is 23. The van der Waals surface area contributed by atoms with Gasteiger partial charge in [-0.1, -0.05) is 121 Å². The number of oxime groups is 1. The van der Waals surface area contributed by atoms with Crippen LogP contribution in [0.3, 0.4) is 0 Å². The molecule has 22 N–H and O–H groups in total. The number of nitrogens with one attached hydrogen (secondary N) is 3. The predicted molar refractivity (Wildman–Crippen MR) is 396 cm³/mol. The van der Waals surface area contributed by atoms with Crippen LogP contribution < -0.4 is 50.8 Å². The number of amides is 8. The van der Waals surface area contributed by atoms with E-state index in [1.807, 2.05) is 121 Å². The molecule has 4 aromatic rings. The second-order valence-corrected chi connectivity index (χ2v) is 28.1. The van der Waals surface area contributed by atoms with Crippen molar-refractivity contribution in [2.45, 2.75) is 223 Å². The molecule has 31 nitrogen and oxygen atoms in total. The Morgan fingerprint density at radius 2 is 0.962 bits per heavy atom. The SMILES string of the molecule is C=NOCc1ccccc1.CO.C[C@@H](O)[C@H](CCC1CCC2(CN(OCc3ccccc3)C2=O)N1)C(N)=O.C[C@@H](O)[C@H](CCC1CCC2(CN(OCc3ccccc3)C2=O)N1C(=O)OC(C)(C)C)C(N)=O.C[C@@H](O)[C@H](CCC1CCC2(CNC2=O)N1)C(N)=O.C[C@@H](O)[C@H](N)C(N)=O.N.OCc1ccccc1. The van der Waals surface area contributed by atoms with E-state index in [0.29, 0.717) is 71.2 Å². The van der Waals surface area contributed by atoms with Gasteiger partial charge in [0.15, 0.2) is 0 Å². The van der Waals surface area contributed by atoms with Crippen LogP contribution in [0.25, 0.3) is 0 Å². The predicted octanol–water partition coefficient (Wildman–Crippen LogP) is 2.89. The highest BCUT2D eigenvalue weighted by atomic mass is 16.7. The largest absolute Gasteiger partial charge is 0.444 e. The van der Waals surface area contributed by atoms with Crippen molar-refractivity contribution in [1.82, 2.24) is 37.1 Å². The van der Waals surface area contributed by atoms with Crippen molar-refractivity contribution in [2.75, 3.05) is 26.7 Å². The lowest BCUT2D eigenvalue weighted by atomic mass is 9.88. The van der Waals surface area contributed by atoms with Crippen molar-refractivity contribution in [3.63, 3.8) is 0 Å². The van der Waals surface area contributed by atoms with Gasteiger partial charge in [0, 0.05) is 38.5 Å². The molecule has 0 saturated carbocycles. The lowest BCUT2D eigenvalue weighted by Gasteiger charge is -2.50. The number of nitrogens with two attached hydrogens (primary N) is 5. The number of primary amides is 4. The minimum Gasteiger partial charge on any atom is -0.444 e. The molecule has 590 valence electrons. The highest BCUT2D eigenvalue weighted by Gasteiger charge is 2.64. The summed E-state index contributed by atoms with van der Waals surface area (Å²) in [7, 11) is 1.00. The van der Waals surface area contributed by atoms with Crippen LogP contribution in [0.4, 0.5) is 4.79 Å². The maximum absolute atomic E-state index is 13.2. The van der Waals surface area contributed by atoms with Gasteiger partial charge < -0.3 is 80.3 Å². The maximum Gasteiger partial charge on any atom is 0.411 e. The molecule has 6 aliphatic rings. The zero-order chi connectivity index (χ0) is 78.2. The number of hydrogen-bond donors (Lipinski definition) is 15. The van der Waals surface area contributed by atoms with E-state index < -0.39 is 94.6 Å². The summed E-state index contributed by atoms with van der Waals surface area (Å²) in [5.41, 5.74) is 27.2. The van der Waals surface area contributed by atoms with Crippen molar-refractivity contribution in [3.05, 3.63) is 144 Å². The first-order chi connectivity index (χ1) is 49.7.